The Morgan fingerprint density at radius 1 is 0.283 bits per heavy atom. The van der Waals surface area contributed by atoms with Crippen molar-refractivity contribution in [1.82, 2.24) is 37.2 Å². The number of ether oxygens (including phenoxy) is 24. The topological polar surface area (TPSA) is 616 Å². The number of aliphatic carboxylic acids is 1. The Hall–Kier alpha value is -9.61. The second kappa shape index (κ2) is 63.4. The maximum Gasteiger partial charge on any atom is 0.303 e. The lowest BCUT2D eigenvalue weighted by atomic mass is 9.96. The predicted octanol–water partition coefficient (Wildman–Crippen LogP) is -4.22. The zero-order valence-electron chi connectivity index (χ0n) is 73.7. The molecule has 0 bridgehead atoms. The Morgan fingerprint density at radius 3 is 0.780 bits per heavy atom. The van der Waals surface area contributed by atoms with Crippen molar-refractivity contribution in [2.75, 3.05) is 178 Å². The smallest absolute Gasteiger partial charge is 0.303 e. The molecule has 0 saturated carbocycles. The van der Waals surface area contributed by atoms with Gasteiger partial charge in [-0.25, -0.2) is 0 Å². The van der Waals surface area contributed by atoms with Crippen LogP contribution in [0.4, 0.5) is 0 Å². The van der Waals surface area contributed by atoms with Crippen molar-refractivity contribution < 1.29 is 200 Å². The highest BCUT2D eigenvalue weighted by atomic mass is 16.7. The zero-order valence-corrected chi connectivity index (χ0v) is 73.7. The summed E-state index contributed by atoms with van der Waals surface area (Å²) in [6, 6.07) is -3.56. The number of amides is 7. The van der Waals surface area contributed by atoms with Crippen LogP contribution in [0.1, 0.15) is 122 Å². The van der Waals surface area contributed by atoms with Crippen LogP contribution in [0, 0.1) is 0 Å². The summed E-state index contributed by atoms with van der Waals surface area (Å²) in [5, 5.41) is 28.0. The molecule has 15 atom stereocenters. The summed E-state index contributed by atoms with van der Waals surface area (Å²) < 4.78 is 135. The number of rotatable bonds is 65. The van der Waals surface area contributed by atoms with Crippen molar-refractivity contribution in [2.24, 2.45) is 0 Å². The van der Waals surface area contributed by atoms with Crippen LogP contribution in [0.3, 0.4) is 0 Å². The molecule has 724 valence electrons. The maximum atomic E-state index is 13.6. The van der Waals surface area contributed by atoms with Gasteiger partial charge in [0.2, 0.25) is 41.4 Å². The molecule has 8 N–H and O–H groups in total. The molecule has 49 heteroatoms. The van der Waals surface area contributed by atoms with Crippen LogP contribution in [0.5, 0.6) is 0 Å². The number of hydrogen-bond donors (Lipinski definition) is 8. The molecule has 0 aliphatic carbocycles. The Labute approximate surface area is 733 Å². The summed E-state index contributed by atoms with van der Waals surface area (Å²) >= 11 is 0. The molecule has 127 heavy (non-hydrogen) atoms. The van der Waals surface area contributed by atoms with E-state index in [0.717, 1.165) is 62.3 Å². The monoisotopic (exact) mass is 1830 g/mol. The molecule has 49 nitrogen and oxygen atoms in total. The Balaban J connectivity index is 1.59. The van der Waals surface area contributed by atoms with E-state index in [1.54, 1.807) is 0 Å². The van der Waals surface area contributed by atoms with Gasteiger partial charge in [-0.05, 0) is 6.42 Å². The number of esters is 9. The summed E-state index contributed by atoms with van der Waals surface area (Å²) in [5.41, 5.74) is -1.58. The van der Waals surface area contributed by atoms with E-state index in [0.29, 0.717) is 0 Å². The summed E-state index contributed by atoms with van der Waals surface area (Å²) in [5.74, 6) is -11.6. The molecule has 3 aliphatic heterocycles. The number of carbonyl (C=O) groups excluding carboxylic acids is 16. The molecular formula is C78H125N7O42. The minimum Gasteiger partial charge on any atom is -0.481 e. The molecule has 0 aromatic carbocycles. The fraction of sp³-hybridized carbons (Fsp3) is 0.782. The Morgan fingerprint density at radius 2 is 0.535 bits per heavy atom. The predicted molar refractivity (Wildman–Crippen MR) is 422 cm³/mol. The Bertz CT molecular complexity index is 3130. The van der Waals surface area contributed by atoms with E-state index in [4.69, 9.17) is 114 Å². The van der Waals surface area contributed by atoms with Crippen molar-refractivity contribution in [1.29, 1.82) is 0 Å². The van der Waals surface area contributed by atoms with Crippen LogP contribution in [0.15, 0.2) is 0 Å². The van der Waals surface area contributed by atoms with E-state index in [-0.39, 0.29) is 197 Å². The SMILES string of the molecule is CC(=O)N[C@H]1[C@H](OCCOCCOCCNC(=O)CCOCC(COCCC(=O)NCCOCCOCCO[C@@H]2O[C@H](COC(C)=O)[C@H](OC(C)=O)[C@H](OC(C)=O)[C@H]2NC(C)=O)(COCCC(=O)NCCOCCOCCO[C@@H]2O[C@H](COC(C)=O)[C@H](OC(C)=O)[C@H](OC(C)=O)[C@H]2NC(C)=O)NC(=O)CCCC(=O)O)O[C@H](COC(C)=O)[C@H](OC(C)=O)[C@@H]1OC(C)=O. The lowest BCUT2D eigenvalue weighted by molar-refractivity contribution is -0.279. The van der Waals surface area contributed by atoms with Crippen molar-refractivity contribution in [3.63, 3.8) is 0 Å². The second-order valence-electron chi connectivity index (χ2n) is 28.5. The van der Waals surface area contributed by atoms with Crippen molar-refractivity contribution >= 4 is 101 Å². The summed E-state index contributed by atoms with van der Waals surface area (Å²) in [7, 11) is 0. The average Bonchev–Trinajstić information content (AvgIpc) is 0.795. The summed E-state index contributed by atoms with van der Waals surface area (Å²) in [4.78, 5) is 209. The first kappa shape index (κ1) is 112. The van der Waals surface area contributed by atoms with Crippen LogP contribution < -0.4 is 37.2 Å². The summed E-state index contributed by atoms with van der Waals surface area (Å²) in [6.45, 7) is 10.7. The lowest BCUT2D eigenvalue weighted by Gasteiger charge is -2.44. The van der Waals surface area contributed by atoms with E-state index >= 15 is 0 Å². The van der Waals surface area contributed by atoms with Crippen molar-refractivity contribution in [2.45, 2.75) is 219 Å². The van der Waals surface area contributed by atoms with Gasteiger partial charge in [0.25, 0.3) is 0 Å². The van der Waals surface area contributed by atoms with Crippen LogP contribution in [-0.4, -0.2) is 382 Å². The van der Waals surface area contributed by atoms with Crippen molar-refractivity contribution in [3.05, 3.63) is 0 Å². The third kappa shape index (κ3) is 49.5. The van der Waals surface area contributed by atoms with Crippen LogP contribution in [-0.2, 0) is 195 Å². The van der Waals surface area contributed by atoms with Crippen LogP contribution in [0.2, 0.25) is 0 Å². The van der Waals surface area contributed by atoms with E-state index in [2.05, 4.69) is 37.2 Å². The molecule has 0 aromatic rings. The van der Waals surface area contributed by atoms with Gasteiger partial charge in [0, 0.05) is 135 Å². The maximum absolute atomic E-state index is 13.6. The average molecular weight is 1830 g/mol. The normalized spacial score (nSPS) is 21.9. The third-order valence-corrected chi connectivity index (χ3v) is 17.3. The summed E-state index contributed by atoms with van der Waals surface area (Å²) in [6.07, 6.45) is -16.7. The van der Waals surface area contributed by atoms with Gasteiger partial charge in [0.1, 0.15) is 61.8 Å². The van der Waals surface area contributed by atoms with E-state index < -0.39 is 218 Å². The molecular weight excluding hydrogens is 1710 g/mol. The molecule has 0 radical (unpaired) electrons. The van der Waals surface area contributed by atoms with Gasteiger partial charge < -0.3 is 156 Å². The molecule has 7 amide bonds. The largest absolute Gasteiger partial charge is 0.481 e. The second-order valence-corrected chi connectivity index (χ2v) is 28.5. The zero-order chi connectivity index (χ0) is 94.2. The number of nitrogens with one attached hydrogen (secondary N) is 7. The first-order valence-corrected chi connectivity index (χ1v) is 41.0. The number of carboxylic acids is 1. The molecule has 0 unspecified atom stereocenters. The van der Waals surface area contributed by atoms with Gasteiger partial charge in [-0.2, -0.15) is 0 Å². The van der Waals surface area contributed by atoms with Gasteiger partial charge in [0.05, 0.1) is 139 Å². The van der Waals surface area contributed by atoms with Gasteiger partial charge in [-0.3, -0.25) is 81.5 Å². The van der Waals surface area contributed by atoms with E-state index in [1.165, 1.54) is 20.8 Å². The minimum atomic E-state index is -1.58. The highest BCUT2D eigenvalue weighted by molar-refractivity contribution is 5.79. The van der Waals surface area contributed by atoms with Crippen molar-refractivity contribution in [3.8, 4) is 0 Å². The van der Waals surface area contributed by atoms with Crippen LogP contribution in [0.25, 0.3) is 0 Å². The third-order valence-electron chi connectivity index (χ3n) is 17.3. The molecule has 0 spiro atoms. The highest BCUT2D eigenvalue weighted by Crippen LogP contribution is 2.32. The highest BCUT2D eigenvalue weighted by Gasteiger charge is 2.55. The number of hydrogen-bond acceptors (Lipinski definition) is 41. The molecule has 3 fully saturated rings. The minimum absolute atomic E-state index is 0.0362. The van der Waals surface area contributed by atoms with Gasteiger partial charge in [0.15, 0.2) is 55.5 Å². The fourth-order valence-electron chi connectivity index (χ4n) is 12.3. The quantitative estimate of drug-likeness (QED) is 0.0163. The fourth-order valence-corrected chi connectivity index (χ4v) is 12.3. The van der Waals surface area contributed by atoms with Gasteiger partial charge in [-0.15, -0.1) is 0 Å². The number of carboxylic acid groups (broad SMARTS) is 1. The molecule has 0 aromatic heterocycles. The molecule has 3 aliphatic rings. The van der Waals surface area contributed by atoms with Gasteiger partial charge in [-0.1, -0.05) is 0 Å². The van der Waals surface area contributed by atoms with Gasteiger partial charge >= 0.3 is 59.7 Å². The first-order chi connectivity index (χ1) is 60.4. The molecule has 3 rings (SSSR count). The first-order valence-electron chi connectivity index (χ1n) is 41.0. The standard InChI is InChI=1S/C78H125N7O42/c1-46(86)82-66-72(122-55(10)95)69(119-52(7)92)58(40-116-49(4)89)125-75(66)113-37-34-107-31-28-104-25-19-79-61(98)16-22-110-43-78(85-64(101)14-13-15-65(102)103,44-111-23-17-62(99)80-20-26-105-29-32-108-35-38-114-76-67(83-47(2)87)73(123-56(11)96)70(120-53(8)93)59(126-76)41-117-50(5)90)45-112-24-18-63(100)81-21-27-106-30-33-109-36-39-115-77-68(84-48(3)88)74(124-57(12)97)71(121-54(9)94)60(127-77)42-118-51(6)91/h58-60,66-77H,13-45H2,1-12H3,(H,79,98)(H,80,99)(H,81,100)(H,82,86)(H,83,87)(H,84,88)(H,85,101)(H,102,103)/t58-,59-,60-,66-,67-,68-,69+,70+,71+,72-,73-,74-,75-,76-,77-/m1/s1. The Kier molecular flexibility index (Phi) is 55.7. The lowest BCUT2D eigenvalue weighted by Crippen LogP contribution is -2.66. The van der Waals surface area contributed by atoms with E-state index in [1.807, 2.05) is 0 Å². The van der Waals surface area contributed by atoms with Crippen LogP contribution >= 0.6 is 0 Å². The molecule has 3 heterocycles. The number of carbonyl (C=O) groups is 17. The molecule has 3 saturated heterocycles. The van der Waals surface area contributed by atoms with E-state index in [9.17, 15) is 86.6 Å².